The molecule has 154 valence electrons. The monoisotopic (exact) mass is 436 g/mol. The summed E-state index contributed by atoms with van der Waals surface area (Å²) in [7, 11) is 0. The van der Waals surface area contributed by atoms with Gasteiger partial charge in [0.25, 0.3) is 5.91 Å². The van der Waals surface area contributed by atoms with Crippen molar-refractivity contribution in [3.63, 3.8) is 0 Å². The lowest BCUT2D eigenvalue weighted by Crippen LogP contribution is -2.46. The number of benzene rings is 2. The first-order valence-corrected chi connectivity index (χ1v) is 10.1. The average molecular weight is 437 g/mol. The van der Waals surface area contributed by atoms with Gasteiger partial charge in [0.1, 0.15) is 11.5 Å². The molecule has 1 aliphatic heterocycles. The predicted molar refractivity (Wildman–Crippen MR) is 113 cm³/mol. The number of anilines is 1. The molecule has 0 aromatic heterocycles. The van der Waals surface area contributed by atoms with E-state index < -0.39 is 6.10 Å². The fourth-order valence-electron chi connectivity index (χ4n) is 3.24. The largest absolute Gasteiger partial charge is 0.506 e. The van der Waals surface area contributed by atoms with Gasteiger partial charge in [-0.3, -0.25) is 9.59 Å². The molecule has 2 aromatic carbocycles. The van der Waals surface area contributed by atoms with Crippen LogP contribution in [0.15, 0.2) is 42.5 Å². The number of aromatic hydroxyl groups is 1. The molecule has 1 heterocycles. The van der Waals surface area contributed by atoms with Crippen LogP contribution in [0.5, 0.6) is 11.5 Å². The maximum Gasteiger partial charge on any atom is 0.263 e. The standard InChI is InChI=1S/C21H22Cl2N2O4/c1-13(29-19-7-6-15(22)12-16(19)23)21(28)25-10-8-14(9-11-25)20(27)24-17-4-2-3-5-18(17)26/h2-7,12-14,26H,8-11H2,1H3,(H,24,27)/t13-/m1/s1. The van der Waals surface area contributed by atoms with Crippen LogP contribution in [0.25, 0.3) is 0 Å². The zero-order chi connectivity index (χ0) is 21.0. The number of amides is 2. The summed E-state index contributed by atoms with van der Waals surface area (Å²) in [6.07, 6.45) is 0.374. The number of para-hydroxylation sites is 2. The Bertz CT molecular complexity index is 898. The number of halogens is 2. The highest BCUT2D eigenvalue weighted by Gasteiger charge is 2.30. The van der Waals surface area contributed by atoms with Crippen LogP contribution in [0.2, 0.25) is 10.0 Å². The molecular weight excluding hydrogens is 415 g/mol. The van der Waals surface area contributed by atoms with Crippen LogP contribution in [-0.4, -0.2) is 41.0 Å². The molecule has 1 atom stereocenters. The van der Waals surface area contributed by atoms with Crippen molar-refractivity contribution in [1.29, 1.82) is 0 Å². The Labute approximate surface area is 179 Å². The molecule has 2 N–H and O–H groups in total. The zero-order valence-electron chi connectivity index (χ0n) is 15.9. The molecule has 1 saturated heterocycles. The van der Waals surface area contributed by atoms with E-state index in [1.165, 1.54) is 6.07 Å². The van der Waals surface area contributed by atoms with Gasteiger partial charge in [0.2, 0.25) is 5.91 Å². The SMILES string of the molecule is C[C@@H](Oc1ccc(Cl)cc1Cl)C(=O)N1CCC(C(=O)Nc2ccccc2O)CC1. The van der Waals surface area contributed by atoms with Gasteiger partial charge >= 0.3 is 0 Å². The minimum Gasteiger partial charge on any atom is -0.506 e. The third-order valence-corrected chi connectivity index (χ3v) is 5.42. The van der Waals surface area contributed by atoms with Crippen molar-refractivity contribution in [2.24, 2.45) is 5.92 Å². The second-order valence-electron chi connectivity index (χ2n) is 6.94. The summed E-state index contributed by atoms with van der Waals surface area (Å²) in [6.45, 7) is 2.59. The summed E-state index contributed by atoms with van der Waals surface area (Å²) in [6, 6.07) is 11.4. The average Bonchev–Trinajstić information content (AvgIpc) is 2.71. The highest BCUT2D eigenvalue weighted by molar-refractivity contribution is 6.35. The number of phenolic OH excluding ortho intramolecular Hbond substituents is 1. The Morgan fingerprint density at radius 2 is 1.86 bits per heavy atom. The van der Waals surface area contributed by atoms with Crippen molar-refractivity contribution in [3.05, 3.63) is 52.5 Å². The van der Waals surface area contributed by atoms with E-state index in [2.05, 4.69) is 5.32 Å². The molecule has 2 aromatic rings. The van der Waals surface area contributed by atoms with Gasteiger partial charge < -0.3 is 20.1 Å². The maximum absolute atomic E-state index is 12.7. The minimum absolute atomic E-state index is 0.0281. The van der Waals surface area contributed by atoms with Crippen molar-refractivity contribution >= 4 is 40.7 Å². The Morgan fingerprint density at radius 1 is 1.17 bits per heavy atom. The molecule has 0 saturated carbocycles. The van der Waals surface area contributed by atoms with E-state index in [9.17, 15) is 14.7 Å². The van der Waals surface area contributed by atoms with Crippen LogP contribution in [0.1, 0.15) is 19.8 Å². The summed E-state index contributed by atoms with van der Waals surface area (Å²) in [4.78, 5) is 26.8. The smallest absolute Gasteiger partial charge is 0.263 e. The highest BCUT2D eigenvalue weighted by atomic mass is 35.5. The molecule has 2 amide bonds. The minimum atomic E-state index is -0.708. The summed E-state index contributed by atoms with van der Waals surface area (Å²) < 4.78 is 5.69. The molecule has 29 heavy (non-hydrogen) atoms. The van der Waals surface area contributed by atoms with E-state index in [1.807, 2.05) is 0 Å². The van der Waals surface area contributed by atoms with Crippen LogP contribution in [0.3, 0.4) is 0 Å². The van der Waals surface area contributed by atoms with Crippen LogP contribution >= 0.6 is 23.2 Å². The number of hydrogen-bond donors (Lipinski definition) is 2. The number of rotatable bonds is 5. The van der Waals surface area contributed by atoms with E-state index >= 15 is 0 Å². The number of nitrogens with zero attached hydrogens (tertiary/aromatic N) is 1. The number of carbonyl (C=O) groups is 2. The van der Waals surface area contributed by atoms with Gasteiger partial charge in [0, 0.05) is 24.0 Å². The first-order chi connectivity index (χ1) is 13.8. The summed E-state index contributed by atoms with van der Waals surface area (Å²) >= 11 is 12.0. The topological polar surface area (TPSA) is 78.9 Å². The molecule has 0 spiro atoms. The lowest BCUT2D eigenvalue weighted by atomic mass is 9.95. The maximum atomic E-state index is 12.7. The highest BCUT2D eigenvalue weighted by Crippen LogP contribution is 2.29. The van der Waals surface area contributed by atoms with Gasteiger partial charge in [-0.1, -0.05) is 35.3 Å². The molecule has 0 aliphatic carbocycles. The van der Waals surface area contributed by atoms with E-state index in [0.29, 0.717) is 47.4 Å². The fourth-order valence-corrected chi connectivity index (χ4v) is 3.70. The molecule has 3 rings (SSSR count). The first kappa shape index (κ1) is 21.3. The van der Waals surface area contributed by atoms with Crippen LogP contribution in [-0.2, 0) is 9.59 Å². The molecule has 0 radical (unpaired) electrons. The number of phenols is 1. The van der Waals surface area contributed by atoms with Crippen molar-refractivity contribution in [3.8, 4) is 11.5 Å². The number of ether oxygens (including phenoxy) is 1. The van der Waals surface area contributed by atoms with Gasteiger partial charge in [0.05, 0.1) is 10.7 Å². The van der Waals surface area contributed by atoms with Crippen LogP contribution in [0.4, 0.5) is 5.69 Å². The normalized spacial score (nSPS) is 15.6. The Morgan fingerprint density at radius 3 is 2.52 bits per heavy atom. The first-order valence-electron chi connectivity index (χ1n) is 9.34. The zero-order valence-corrected chi connectivity index (χ0v) is 17.4. The van der Waals surface area contributed by atoms with E-state index in [1.54, 1.807) is 48.2 Å². The fraction of sp³-hybridized carbons (Fsp3) is 0.333. The van der Waals surface area contributed by atoms with Crippen molar-refractivity contribution in [1.82, 2.24) is 4.90 Å². The third kappa shape index (κ3) is 5.34. The number of piperidine rings is 1. The Balaban J connectivity index is 1.52. The quantitative estimate of drug-likeness (QED) is 0.682. The van der Waals surface area contributed by atoms with Crippen molar-refractivity contribution < 1.29 is 19.4 Å². The van der Waals surface area contributed by atoms with Crippen LogP contribution in [0, 0.1) is 5.92 Å². The Kier molecular flexibility index (Phi) is 6.87. The molecule has 8 heteroatoms. The third-order valence-electron chi connectivity index (χ3n) is 4.88. The van der Waals surface area contributed by atoms with Crippen molar-refractivity contribution in [2.45, 2.75) is 25.9 Å². The number of nitrogens with one attached hydrogen (secondary N) is 1. The van der Waals surface area contributed by atoms with Gasteiger partial charge in [-0.2, -0.15) is 0 Å². The lowest BCUT2D eigenvalue weighted by Gasteiger charge is -2.33. The van der Waals surface area contributed by atoms with Gasteiger partial charge in [0.15, 0.2) is 6.10 Å². The van der Waals surface area contributed by atoms with Gasteiger partial charge in [-0.25, -0.2) is 0 Å². The predicted octanol–water partition coefficient (Wildman–Crippen LogP) is 4.34. The van der Waals surface area contributed by atoms with E-state index in [-0.39, 0.29) is 23.5 Å². The molecule has 1 aliphatic rings. The lowest BCUT2D eigenvalue weighted by molar-refractivity contribution is -0.140. The summed E-state index contributed by atoms with van der Waals surface area (Å²) in [5.74, 6) is -0.110. The molecule has 0 unspecified atom stereocenters. The Hall–Kier alpha value is -2.44. The van der Waals surface area contributed by atoms with E-state index in [0.717, 1.165) is 0 Å². The number of likely N-dealkylation sites (tertiary alicyclic amines) is 1. The molecule has 6 nitrogen and oxygen atoms in total. The summed E-state index contributed by atoms with van der Waals surface area (Å²) in [5.41, 5.74) is 0.387. The van der Waals surface area contributed by atoms with E-state index in [4.69, 9.17) is 27.9 Å². The molecule has 1 fully saturated rings. The van der Waals surface area contributed by atoms with Crippen LogP contribution < -0.4 is 10.1 Å². The van der Waals surface area contributed by atoms with Gasteiger partial charge in [-0.05, 0) is 50.1 Å². The number of carbonyl (C=O) groups excluding carboxylic acids is 2. The molecular formula is C21H22Cl2N2O4. The second kappa shape index (κ2) is 9.37. The van der Waals surface area contributed by atoms with Gasteiger partial charge in [-0.15, -0.1) is 0 Å². The summed E-state index contributed by atoms with van der Waals surface area (Å²) in [5, 5.41) is 13.4. The number of hydrogen-bond acceptors (Lipinski definition) is 4. The van der Waals surface area contributed by atoms with Crippen molar-refractivity contribution in [2.75, 3.05) is 18.4 Å². The second-order valence-corrected chi connectivity index (χ2v) is 7.78. The molecule has 0 bridgehead atoms.